The Kier molecular flexibility index (Phi) is 11.7. The molecule has 11 nitrogen and oxygen atoms in total. The van der Waals surface area contributed by atoms with Gasteiger partial charge < -0.3 is 29.3 Å². The van der Waals surface area contributed by atoms with E-state index in [0.717, 1.165) is 52.9 Å². The molecular formula is C39H43ClN4O7S. The molecular weight excluding hydrogens is 704 g/mol. The molecule has 0 spiro atoms. The third-order valence-corrected chi connectivity index (χ3v) is 9.78. The summed E-state index contributed by atoms with van der Waals surface area (Å²) in [6.07, 6.45) is 0.715. The summed E-state index contributed by atoms with van der Waals surface area (Å²) in [5.41, 5.74) is 5.50. The van der Waals surface area contributed by atoms with Gasteiger partial charge in [-0.05, 0) is 53.6 Å². The number of phenols is 2. The topological polar surface area (TPSA) is 136 Å². The van der Waals surface area contributed by atoms with E-state index in [4.69, 9.17) is 20.9 Å². The molecule has 7 rings (SSSR count). The Bertz CT molecular complexity index is 2040. The molecule has 0 saturated carbocycles. The predicted octanol–water partition coefficient (Wildman–Crippen LogP) is 5.68. The van der Waals surface area contributed by atoms with Gasteiger partial charge in [-0.3, -0.25) is 14.2 Å². The average molecular weight is 747 g/mol. The Morgan fingerprint density at radius 1 is 0.769 bits per heavy atom. The molecule has 2 saturated heterocycles. The van der Waals surface area contributed by atoms with E-state index in [-0.39, 0.29) is 23.3 Å². The van der Waals surface area contributed by atoms with E-state index in [2.05, 4.69) is 26.5 Å². The number of fused-ring (bicyclic) bond motifs is 1. The Labute approximate surface area is 309 Å². The van der Waals surface area contributed by atoms with Crippen LogP contribution in [0.15, 0.2) is 97.1 Å². The van der Waals surface area contributed by atoms with Gasteiger partial charge in [-0.1, -0.05) is 66.2 Å². The zero-order chi connectivity index (χ0) is 36.8. The molecule has 0 bridgehead atoms. The van der Waals surface area contributed by atoms with Crippen LogP contribution in [0.2, 0.25) is 5.02 Å². The van der Waals surface area contributed by atoms with E-state index >= 15 is 0 Å². The zero-order valence-corrected chi connectivity index (χ0v) is 30.5. The van der Waals surface area contributed by atoms with Gasteiger partial charge in [-0.15, -0.1) is 0 Å². The van der Waals surface area contributed by atoms with Crippen molar-refractivity contribution in [3.05, 3.63) is 124 Å². The van der Waals surface area contributed by atoms with Crippen molar-refractivity contribution >= 4 is 44.2 Å². The number of nitrogens with zero attached hydrogens (tertiary/aromatic N) is 4. The Morgan fingerprint density at radius 3 is 1.88 bits per heavy atom. The highest BCUT2D eigenvalue weighted by atomic mass is 35.5. The fourth-order valence-corrected chi connectivity index (χ4v) is 7.27. The summed E-state index contributed by atoms with van der Waals surface area (Å²) in [5, 5.41) is 22.1. The highest BCUT2D eigenvalue weighted by Gasteiger charge is 2.34. The second-order valence-corrected chi connectivity index (χ2v) is 14.8. The first-order valence-corrected chi connectivity index (χ1v) is 19.4. The molecule has 52 heavy (non-hydrogen) atoms. The molecule has 274 valence electrons. The van der Waals surface area contributed by atoms with Crippen LogP contribution in [-0.2, 0) is 21.4 Å². The second kappa shape index (κ2) is 16.4. The summed E-state index contributed by atoms with van der Waals surface area (Å²) in [4.78, 5) is 21.6. The molecule has 0 radical (unpaired) electrons. The molecule has 0 atom stereocenters. The van der Waals surface area contributed by atoms with Crippen LogP contribution in [-0.4, -0.2) is 109 Å². The summed E-state index contributed by atoms with van der Waals surface area (Å²) < 4.78 is 33.7. The number of aromatic hydroxyl groups is 2. The first-order valence-electron chi connectivity index (χ1n) is 17.2. The lowest BCUT2D eigenvalue weighted by Crippen LogP contribution is -2.49. The molecule has 13 heteroatoms. The van der Waals surface area contributed by atoms with Crippen LogP contribution in [0, 0.1) is 0 Å². The maximum atomic E-state index is 15.0. The number of para-hydroxylation sites is 2. The van der Waals surface area contributed by atoms with Crippen molar-refractivity contribution in [2.24, 2.45) is 0 Å². The van der Waals surface area contributed by atoms with Crippen LogP contribution in [0.3, 0.4) is 0 Å². The van der Waals surface area contributed by atoms with Crippen molar-refractivity contribution in [3.63, 3.8) is 0 Å². The van der Waals surface area contributed by atoms with Crippen LogP contribution in [0.5, 0.6) is 11.5 Å². The first-order chi connectivity index (χ1) is 25.0. The molecule has 4 aromatic carbocycles. The molecule has 2 aliphatic rings. The number of aromatic nitrogens is 1. The summed E-state index contributed by atoms with van der Waals surface area (Å²) in [5.74, 6) is 0.0336. The summed E-state index contributed by atoms with van der Waals surface area (Å²) in [6.45, 7) is 7.09. The highest BCUT2D eigenvalue weighted by molar-refractivity contribution is 7.85. The molecule has 0 aliphatic carbocycles. The van der Waals surface area contributed by atoms with Gasteiger partial charge in [-0.2, -0.15) is 8.42 Å². The van der Waals surface area contributed by atoms with Gasteiger partial charge in [0.2, 0.25) is 0 Å². The number of halogens is 1. The summed E-state index contributed by atoms with van der Waals surface area (Å²) in [6, 6.07) is 30.6. The number of hydrogen-bond acceptors (Lipinski definition) is 8. The second-order valence-electron chi connectivity index (χ2n) is 13.0. The van der Waals surface area contributed by atoms with Crippen LogP contribution < -0.4 is 4.90 Å². The van der Waals surface area contributed by atoms with Gasteiger partial charge in [0.15, 0.2) is 0 Å². The predicted molar refractivity (Wildman–Crippen MR) is 203 cm³/mol. The lowest BCUT2D eigenvalue weighted by atomic mass is 9.83. The minimum atomic E-state index is -3.67. The fraction of sp³-hybridized carbons (Fsp3) is 0.308. The normalized spacial score (nSPS) is 15.5. The third-order valence-electron chi connectivity index (χ3n) is 9.46. The number of anilines is 1. The highest BCUT2D eigenvalue weighted by Crippen LogP contribution is 2.41. The van der Waals surface area contributed by atoms with E-state index in [1.54, 1.807) is 24.3 Å². The maximum absolute atomic E-state index is 15.0. The number of piperazine rings is 1. The molecule has 2 aliphatic heterocycles. The lowest BCUT2D eigenvalue weighted by molar-refractivity contribution is 0.0363. The first kappa shape index (κ1) is 37.2. The number of benzene rings is 4. The molecule has 1 amide bonds. The largest absolute Gasteiger partial charge is 0.508 e. The zero-order valence-electron chi connectivity index (χ0n) is 28.9. The Morgan fingerprint density at radius 2 is 1.31 bits per heavy atom. The lowest BCUT2D eigenvalue weighted by Gasteiger charge is -2.37. The van der Waals surface area contributed by atoms with Crippen molar-refractivity contribution in [3.8, 4) is 11.5 Å². The molecule has 3 N–H and O–H groups in total. The monoisotopic (exact) mass is 746 g/mol. The number of ether oxygens (including phenoxy) is 1. The van der Waals surface area contributed by atoms with Crippen LogP contribution >= 0.6 is 11.6 Å². The van der Waals surface area contributed by atoms with E-state index in [0.29, 0.717) is 62.9 Å². The molecule has 3 heterocycles. The Hall–Kier alpha value is -4.59. The fourth-order valence-electron chi connectivity index (χ4n) is 7.02. The number of morpholine rings is 1. The standard InChI is InChI=1S/C38H39ClN4O4.CH4O3S/c39-32-6-2-4-8-34(32)41-18-20-42(21-19-41)38(46)37-36(35(27-9-13-29(44)14-10-27)28-11-15-30(45)16-12-28)31-5-1-3-7-33(31)43(37)22-17-40-23-25-47-26-24-40;1-5(2,3)4/h1-16,35,44-45H,17-26H2;1H3,(H,2,3,4). The van der Waals surface area contributed by atoms with Gasteiger partial charge in [0.05, 0.1) is 30.2 Å². The van der Waals surface area contributed by atoms with E-state index < -0.39 is 10.1 Å². The average Bonchev–Trinajstić information content (AvgIpc) is 3.46. The number of phenolic OH excluding ortho intramolecular Hbond substituents is 2. The van der Waals surface area contributed by atoms with Crippen molar-refractivity contribution in [2.45, 2.75) is 12.5 Å². The SMILES string of the molecule is CS(=O)(=O)O.O=C(c1c(C(c2ccc(O)cc2)c2ccc(O)cc2)c2ccccc2n1CCN1CCOCC1)N1CCN(c2ccccc2Cl)CC1. The van der Waals surface area contributed by atoms with Gasteiger partial charge in [0, 0.05) is 74.7 Å². The van der Waals surface area contributed by atoms with Gasteiger partial charge in [0.1, 0.15) is 17.2 Å². The number of amides is 1. The minimum Gasteiger partial charge on any atom is -0.508 e. The third kappa shape index (κ3) is 8.88. The van der Waals surface area contributed by atoms with Gasteiger partial charge in [0.25, 0.3) is 16.0 Å². The number of hydrogen-bond donors (Lipinski definition) is 3. The Balaban J connectivity index is 0.000000870. The maximum Gasteiger partial charge on any atom is 0.270 e. The number of rotatable bonds is 8. The van der Waals surface area contributed by atoms with E-state index in [1.807, 2.05) is 65.6 Å². The molecule has 5 aromatic rings. The van der Waals surface area contributed by atoms with E-state index in [1.165, 1.54) is 0 Å². The van der Waals surface area contributed by atoms with Gasteiger partial charge in [-0.25, -0.2) is 0 Å². The van der Waals surface area contributed by atoms with Gasteiger partial charge >= 0.3 is 0 Å². The quantitative estimate of drug-likeness (QED) is 0.171. The molecule has 0 unspecified atom stereocenters. The van der Waals surface area contributed by atoms with Crippen molar-refractivity contribution < 1.29 is 32.7 Å². The van der Waals surface area contributed by atoms with Crippen LogP contribution in [0.1, 0.15) is 33.1 Å². The molecule has 2 fully saturated rings. The van der Waals surface area contributed by atoms with Crippen LogP contribution in [0.4, 0.5) is 5.69 Å². The van der Waals surface area contributed by atoms with Crippen molar-refractivity contribution in [1.82, 2.24) is 14.4 Å². The molecule has 1 aromatic heterocycles. The van der Waals surface area contributed by atoms with Crippen molar-refractivity contribution in [2.75, 3.05) is 70.2 Å². The summed E-state index contributed by atoms with van der Waals surface area (Å²) >= 11 is 6.54. The number of carbonyl (C=O) groups is 1. The summed E-state index contributed by atoms with van der Waals surface area (Å²) in [7, 11) is -3.67. The van der Waals surface area contributed by atoms with E-state index in [9.17, 15) is 23.4 Å². The minimum absolute atomic E-state index is 0.000423. The van der Waals surface area contributed by atoms with Crippen LogP contribution in [0.25, 0.3) is 10.9 Å². The van der Waals surface area contributed by atoms with Crippen molar-refractivity contribution in [1.29, 1.82) is 0 Å². The smallest absolute Gasteiger partial charge is 0.270 e. The number of carbonyl (C=O) groups excluding carboxylic acids is 1.